The Morgan fingerprint density at radius 1 is 1.37 bits per heavy atom. The lowest BCUT2D eigenvalue weighted by Crippen LogP contribution is -2.34. The third-order valence-electron chi connectivity index (χ3n) is 3.69. The summed E-state index contributed by atoms with van der Waals surface area (Å²) in [4.78, 5) is 10.8. The van der Waals surface area contributed by atoms with E-state index in [0.717, 1.165) is 43.1 Å². The number of hydrogen-bond donors (Lipinski definition) is 1. The van der Waals surface area contributed by atoms with Gasteiger partial charge in [-0.05, 0) is 32.6 Å². The van der Waals surface area contributed by atoms with Crippen LogP contribution in [0, 0.1) is 6.92 Å². The van der Waals surface area contributed by atoms with E-state index in [1.165, 1.54) is 12.8 Å². The molecular weight excluding hydrogens is 240 g/mol. The fraction of sp³-hybridized carbons (Fsp3) is 0.714. The molecule has 0 spiro atoms. The van der Waals surface area contributed by atoms with Gasteiger partial charge in [0.1, 0.15) is 5.82 Å². The van der Waals surface area contributed by atoms with Crippen LogP contribution in [0.25, 0.3) is 0 Å². The van der Waals surface area contributed by atoms with Crippen molar-refractivity contribution in [3.05, 3.63) is 11.3 Å². The predicted molar refractivity (Wildman–Crippen MR) is 77.4 cm³/mol. The molecular formula is C14H24N4O. The van der Waals surface area contributed by atoms with Crippen molar-refractivity contribution < 1.29 is 4.74 Å². The van der Waals surface area contributed by atoms with Gasteiger partial charge in [-0.1, -0.05) is 6.92 Å². The van der Waals surface area contributed by atoms with Crippen molar-refractivity contribution in [2.45, 2.75) is 45.6 Å². The fourth-order valence-corrected chi connectivity index (χ4v) is 2.63. The first-order valence-electron chi connectivity index (χ1n) is 7.07. The smallest absolute Gasteiger partial charge is 0.222 e. The van der Waals surface area contributed by atoms with Gasteiger partial charge < -0.3 is 15.4 Å². The molecule has 2 heterocycles. The van der Waals surface area contributed by atoms with E-state index in [0.29, 0.717) is 12.1 Å². The van der Waals surface area contributed by atoms with E-state index in [-0.39, 0.29) is 0 Å². The van der Waals surface area contributed by atoms with Crippen LogP contribution >= 0.6 is 0 Å². The van der Waals surface area contributed by atoms with Crippen LogP contribution in [0.15, 0.2) is 0 Å². The van der Waals surface area contributed by atoms with Crippen molar-refractivity contribution >= 4 is 11.8 Å². The third-order valence-corrected chi connectivity index (χ3v) is 3.69. The molecule has 5 nitrogen and oxygen atoms in total. The molecule has 0 radical (unpaired) electrons. The number of nitrogen functional groups attached to an aromatic ring is 1. The van der Waals surface area contributed by atoms with E-state index < -0.39 is 0 Å². The first-order valence-corrected chi connectivity index (χ1v) is 7.07. The number of aryl methyl sites for hydroxylation is 1. The molecule has 1 unspecified atom stereocenters. The number of anilines is 2. The Morgan fingerprint density at radius 3 is 2.79 bits per heavy atom. The van der Waals surface area contributed by atoms with Crippen LogP contribution in [0.3, 0.4) is 0 Å². The fourth-order valence-electron chi connectivity index (χ4n) is 2.63. The van der Waals surface area contributed by atoms with E-state index in [4.69, 9.17) is 10.5 Å². The number of ether oxygens (including phenoxy) is 1. The van der Waals surface area contributed by atoms with Gasteiger partial charge >= 0.3 is 0 Å². The predicted octanol–water partition coefficient (Wildman–Crippen LogP) is 1.93. The van der Waals surface area contributed by atoms with Crippen LogP contribution in [0.4, 0.5) is 11.8 Å². The molecule has 0 saturated carbocycles. The summed E-state index contributed by atoms with van der Waals surface area (Å²) in [5, 5.41) is 0. The highest BCUT2D eigenvalue weighted by atomic mass is 16.5. The van der Waals surface area contributed by atoms with E-state index in [1.807, 2.05) is 7.05 Å². The molecule has 1 aromatic rings. The molecule has 1 aliphatic rings. The summed E-state index contributed by atoms with van der Waals surface area (Å²) < 4.78 is 5.78. The van der Waals surface area contributed by atoms with E-state index in [1.54, 1.807) is 0 Å². The second-order valence-corrected chi connectivity index (χ2v) is 5.20. The number of hydrogen-bond acceptors (Lipinski definition) is 5. The van der Waals surface area contributed by atoms with Crippen LogP contribution in [0.5, 0.6) is 0 Å². The number of rotatable bonds is 4. The molecule has 2 N–H and O–H groups in total. The Balaban J connectivity index is 2.13. The lowest BCUT2D eigenvalue weighted by molar-refractivity contribution is 0.0215. The monoisotopic (exact) mass is 264 g/mol. The highest BCUT2D eigenvalue weighted by Gasteiger charge is 2.19. The molecule has 1 aliphatic heterocycles. The zero-order valence-corrected chi connectivity index (χ0v) is 12.1. The summed E-state index contributed by atoms with van der Waals surface area (Å²) in [6, 6.07) is 0. The molecule has 5 heteroatoms. The van der Waals surface area contributed by atoms with Crippen LogP contribution < -0.4 is 10.6 Å². The summed E-state index contributed by atoms with van der Waals surface area (Å²) >= 11 is 0. The standard InChI is InChI=1S/C14H24N4O/c1-4-12-10(2)13(17-14(15)16-12)18(3)9-11-7-5-6-8-19-11/h11H,4-9H2,1-3H3,(H2,15,16,17). The Hall–Kier alpha value is -1.36. The van der Waals surface area contributed by atoms with Crippen LogP contribution in [0.1, 0.15) is 37.4 Å². The summed E-state index contributed by atoms with van der Waals surface area (Å²) in [6.07, 6.45) is 4.74. The average molecular weight is 264 g/mol. The normalized spacial score (nSPS) is 19.4. The largest absolute Gasteiger partial charge is 0.376 e. The minimum atomic E-state index is 0.305. The lowest BCUT2D eigenvalue weighted by atomic mass is 10.1. The summed E-state index contributed by atoms with van der Waals surface area (Å²) in [5.74, 6) is 1.28. The van der Waals surface area contributed by atoms with Crippen LogP contribution in [-0.4, -0.2) is 36.3 Å². The number of aromatic nitrogens is 2. The zero-order valence-electron chi connectivity index (χ0n) is 12.1. The van der Waals surface area contributed by atoms with Gasteiger partial charge in [-0.3, -0.25) is 0 Å². The highest BCUT2D eigenvalue weighted by molar-refractivity contribution is 5.50. The molecule has 1 atom stereocenters. The van der Waals surface area contributed by atoms with Crippen molar-refractivity contribution in [1.82, 2.24) is 9.97 Å². The number of nitrogens with two attached hydrogens (primary N) is 1. The van der Waals surface area contributed by atoms with Gasteiger partial charge in [-0.2, -0.15) is 4.98 Å². The molecule has 19 heavy (non-hydrogen) atoms. The molecule has 2 rings (SSSR count). The molecule has 1 fully saturated rings. The van der Waals surface area contributed by atoms with E-state index in [9.17, 15) is 0 Å². The summed E-state index contributed by atoms with van der Waals surface area (Å²) in [5.41, 5.74) is 7.94. The van der Waals surface area contributed by atoms with Crippen molar-refractivity contribution in [1.29, 1.82) is 0 Å². The molecule has 1 saturated heterocycles. The van der Waals surface area contributed by atoms with Crippen molar-refractivity contribution in [2.75, 3.05) is 30.8 Å². The lowest BCUT2D eigenvalue weighted by Gasteiger charge is -2.29. The van der Waals surface area contributed by atoms with Crippen LogP contribution in [-0.2, 0) is 11.2 Å². The molecule has 0 bridgehead atoms. The van der Waals surface area contributed by atoms with Gasteiger partial charge in [-0.15, -0.1) is 0 Å². The maximum absolute atomic E-state index is 5.79. The maximum Gasteiger partial charge on any atom is 0.222 e. The maximum atomic E-state index is 5.79. The van der Waals surface area contributed by atoms with Gasteiger partial charge in [0.15, 0.2) is 0 Å². The van der Waals surface area contributed by atoms with Gasteiger partial charge in [0.2, 0.25) is 5.95 Å². The SMILES string of the molecule is CCc1nc(N)nc(N(C)CC2CCCCO2)c1C. The molecule has 0 amide bonds. The first kappa shape index (κ1) is 14.1. The molecule has 0 aromatic carbocycles. The quantitative estimate of drug-likeness (QED) is 0.900. The highest BCUT2D eigenvalue weighted by Crippen LogP contribution is 2.22. The number of likely N-dealkylation sites (N-methyl/N-ethyl adjacent to an activating group) is 1. The minimum Gasteiger partial charge on any atom is -0.376 e. The Labute approximate surface area is 115 Å². The van der Waals surface area contributed by atoms with E-state index >= 15 is 0 Å². The van der Waals surface area contributed by atoms with Crippen molar-refractivity contribution in [2.24, 2.45) is 0 Å². The van der Waals surface area contributed by atoms with Crippen molar-refractivity contribution in [3.63, 3.8) is 0 Å². The van der Waals surface area contributed by atoms with Gasteiger partial charge in [-0.25, -0.2) is 4.98 Å². The van der Waals surface area contributed by atoms with Crippen molar-refractivity contribution in [3.8, 4) is 0 Å². The second kappa shape index (κ2) is 6.19. The Bertz CT molecular complexity index is 430. The molecule has 1 aromatic heterocycles. The van der Waals surface area contributed by atoms with Gasteiger partial charge in [0.05, 0.1) is 11.8 Å². The Kier molecular flexibility index (Phi) is 4.58. The number of nitrogens with zero attached hydrogens (tertiary/aromatic N) is 3. The molecule has 106 valence electrons. The van der Waals surface area contributed by atoms with Crippen LogP contribution in [0.2, 0.25) is 0 Å². The molecule has 0 aliphatic carbocycles. The van der Waals surface area contributed by atoms with Gasteiger partial charge in [0.25, 0.3) is 0 Å². The second-order valence-electron chi connectivity index (χ2n) is 5.20. The minimum absolute atomic E-state index is 0.305. The topological polar surface area (TPSA) is 64.3 Å². The average Bonchev–Trinajstić information content (AvgIpc) is 2.42. The van der Waals surface area contributed by atoms with E-state index in [2.05, 4.69) is 28.7 Å². The summed E-state index contributed by atoms with van der Waals surface area (Å²) in [7, 11) is 2.05. The van der Waals surface area contributed by atoms with Gasteiger partial charge in [0, 0.05) is 25.8 Å². The zero-order chi connectivity index (χ0) is 13.8. The third kappa shape index (κ3) is 3.35. The summed E-state index contributed by atoms with van der Waals surface area (Å²) in [6.45, 7) is 5.89. The first-order chi connectivity index (χ1) is 9.11. The Morgan fingerprint density at radius 2 is 2.16 bits per heavy atom.